The molecule has 2 aliphatic heterocycles. The van der Waals surface area contributed by atoms with Crippen molar-refractivity contribution in [2.24, 2.45) is 5.92 Å². The summed E-state index contributed by atoms with van der Waals surface area (Å²) < 4.78 is 18.2. The second-order valence-corrected chi connectivity index (χ2v) is 11.9. The molecule has 188 valence electrons. The normalized spacial score (nSPS) is 24.5. The highest BCUT2D eigenvalue weighted by atomic mass is 16.7. The fourth-order valence-electron chi connectivity index (χ4n) is 4.31. The Morgan fingerprint density at radius 3 is 2.18 bits per heavy atom. The van der Waals surface area contributed by atoms with Gasteiger partial charge in [-0.3, -0.25) is 9.69 Å². The zero-order chi connectivity index (χ0) is 25.6. The van der Waals surface area contributed by atoms with Gasteiger partial charge < -0.3 is 18.9 Å². The van der Waals surface area contributed by atoms with Crippen LogP contribution in [-0.2, 0) is 18.8 Å². The molecule has 1 aromatic carbocycles. The zero-order valence-corrected chi connectivity index (χ0v) is 22.5. The predicted molar refractivity (Wildman–Crippen MR) is 134 cm³/mol. The third kappa shape index (κ3) is 5.43. The van der Waals surface area contributed by atoms with Crippen LogP contribution in [0.1, 0.15) is 80.8 Å². The van der Waals surface area contributed by atoms with Crippen molar-refractivity contribution < 1.29 is 23.6 Å². The molecule has 2 atom stereocenters. The number of hydrogen-bond acceptors (Lipinski definition) is 5. The van der Waals surface area contributed by atoms with Gasteiger partial charge in [0.05, 0.1) is 17.2 Å². The fraction of sp³-hybridized carbons (Fsp3) is 0.692. The summed E-state index contributed by atoms with van der Waals surface area (Å²) in [5, 5.41) is 0. The number of carbonyl (C=O) groups is 2. The van der Waals surface area contributed by atoms with Crippen LogP contribution in [0.3, 0.4) is 0 Å². The van der Waals surface area contributed by atoms with E-state index in [1.807, 2.05) is 98.4 Å². The quantitative estimate of drug-likeness (QED) is 0.619. The van der Waals surface area contributed by atoms with E-state index in [0.29, 0.717) is 13.1 Å². The third-order valence-corrected chi connectivity index (χ3v) is 6.96. The van der Waals surface area contributed by atoms with Crippen molar-refractivity contribution in [2.75, 3.05) is 13.1 Å². The van der Waals surface area contributed by atoms with Crippen LogP contribution in [0.4, 0.5) is 4.79 Å². The summed E-state index contributed by atoms with van der Waals surface area (Å²) in [5.41, 5.74) is 0.306. The minimum Gasteiger partial charge on any atom is -0.444 e. The van der Waals surface area contributed by atoms with Crippen molar-refractivity contribution in [3.63, 3.8) is 0 Å². The van der Waals surface area contributed by atoms with Crippen LogP contribution >= 0.6 is 0 Å². The Morgan fingerprint density at radius 1 is 1.06 bits per heavy atom. The Morgan fingerprint density at radius 2 is 1.65 bits per heavy atom. The van der Waals surface area contributed by atoms with E-state index in [-0.39, 0.29) is 30.0 Å². The lowest BCUT2D eigenvalue weighted by Crippen LogP contribution is -2.58. The van der Waals surface area contributed by atoms with Gasteiger partial charge in [0.2, 0.25) is 5.91 Å². The van der Waals surface area contributed by atoms with Crippen LogP contribution in [0.15, 0.2) is 24.3 Å². The van der Waals surface area contributed by atoms with E-state index in [1.54, 1.807) is 4.90 Å². The molecular formula is C26H41BN2O5. The Bertz CT molecular complexity index is 908. The zero-order valence-electron chi connectivity index (χ0n) is 22.5. The number of benzene rings is 1. The highest BCUT2D eigenvalue weighted by Crippen LogP contribution is 2.37. The number of nitrogens with zero attached hydrogens (tertiary/aromatic N) is 2. The molecule has 2 saturated heterocycles. The summed E-state index contributed by atoms with van der Waals surface area (Å²) in [6.45, 7) is 20.3. The van der Waals surface area contributed by atoms with E-state index in [0.717, 1.165) is 11.0 Å². The molecular weight excluding hydrogens is 431 g/mol. The number of piperazine rings is 1. The molecule has 0 spiro atoms. The maximum atomic E-state index is 13.2. The van der Waals surface area contributed by atoms with Gasteiger partial charge in [-0.25, -0.2) is 4.79 Å². The van der Waals surface area contributed by atoms with Crippen LogP contribution in [0.25, 0.3) is 0 Å². The lowest BCUT2D eigenvalue weighted by atomic mass is 9.77. The van der Waals surface area contributed by atoms with E-state index < -0.39 is 23.9 Å². The van der Waals surface area contributed by atoms with Crippen molar-refractivity contribution in [1.29, 1.82) is 0 Å². The van der Waals surface area contributed by atoms with Crippen molar-refractivity contribution in [3.8, 4) is 0 Å². The molecule has 0 unspecified atom stereocenters. The van der Waals surface area contributed by atoms with Gasteiger partial charge in [-0.1, -0.05) is 38.1 Å². The van der Waals surface area contributed by atoms with Gasteiger partial charge in [0.15, 0.2) is 0 Å². The van der Waals surface area contributed by atoms with Gasteiger partial charge in [0.25, 0.3) is 0 Å². The Hall–Kier alpha value is -2.06. The number of ether oxygens (including phenoxy) is 1. The Kier molecular flexibility index (Phi) is 7.18. The maximum Gasteiger partial charge on any atom is 0.494 e. The molecule has 1 aromatic rings. The number of carbonyl (C=O) groups excluding carboxylic acids is 2. The molecule has 2 fully saturated rings. The van der Waals surface area contributed by atoms with Crippen molar-refractivity contribution in [3.05, 3.63) is 29.8 Å². The van der Waals surface area contributed by atoms with E-state index >= 15 is 0 Å². The molecule has 0 saturated carbocycles. The molecule has 0 aromatic heterocycles. The first kappa shape index (κ1) is 26.5. The monoisotopic (exact) mass is 472 g/mol. The lowest BCUT2D eigenvalue weighted by molar-refractivity contribution is -0.140. The summed E-state index contributed by atoms with van der Waals surface area (Å²) in [6, 6.07) is 7.51. The first-order chi connectivity index (χ1) is 15.5. The van der Waals surface area contributed by atoms with Gasteiger partial charge in [-0.2, -0.15) is 0 Å². The van der Waals surface area contributed by atoms with Gasteiger partial charge in [0.1, 0.15) is 5.60 Å². The number of rotatable bonds is 3. The van der Waals surface area contributed by atoms with Crippen LogP contribution < -0.4 is 5.46 Å². The number of hydrogen-bond donors (Lipinski definition) is 0. The molecule has 2 amide bonds. The van der Waals surface area contributed by atoms with Crippen LogP contribution in [0.2, 0.25) is 0 Å². The average Bonchev–Trinajstić information content (AvgIpc) is 2.93. The molecule has 0 bridgehead atoms. The molecule has 0 radical (unpaired) electrons. The molecule has 3 rings (SSSR count). The second kappa shape index (κ2) is 9.19. The van der Waals surface area contributed by atoms with Gasteiger partial charge in [0, 0.05) is 25.0 Å². The maximum absolute atomic E-state index is 13.2. The fourth-order valence-corrected chi connectivity index (χ4v) is 4.31. The molecule has 2 heterocycles. The Balaban J connectivity index is 1.96. The molecule has 7 nitrogen and oxygen atoms in total. The van der Waals surface area contributed by atoms with Gasteiger partial charge in [-0.15, -0.1) is 0 Å². The van der Waals surface area contributed by atoms with Gasteiger partial charge in [-0.05, 0) is 66.4 Å². The SMILES string of the molecule is CC(C)C(=O)N1C[C@H](c2cccc(B3OC(C)(C)C(C)(C)O3)c2)N(C(=O)OC(C)(C)C)C[C@H]1C. The summed E-state index contributed by atoms with van der Waals surface area (Å²) in [4.78, 5) is 29.8. The van der Waals surface area contributed by atoms with Crippen LogP contribution in [-0.4, -0.2) is 64.9 Å². The predicted octanol–water partition coefficient (Wildman–Crippen LogP) is 4.15. The first-order valence-electron chi connectivity index (χ1n) is 12.3. The smallest absolute Gasteiger partial charge is 0.444 e. The largest absolute Gasteiger partial charge is 0.494 e. The summed E-state index contributed by atoms with van der Waals surface area (Å²) in [5.74, 6) is -0.0317. The van der Waals surface area contributed by atoms with Crippen molar-refractivity contribution in [1.82, 2.24) is 9.80 Å². The molecule has 2 aliphatic rings. The third-order valence-electron chi connectivity index (χ3n) is 6.96. The highest BCUT2D eigenvalue weighted by Gasteiger charge is 2.52. The average molecular weight is 472 g/mol. The van der Waals surface area contributed by atoms with Crippen molar-refractivity contribution in [2.45, 2.75) is 98.1 Å². The van der Waals surface area contributed by atoms with Crippen LogP contribution in [0.5, 0.6) is 0 Å². The second-order valence-electron chi connectivity index (χ2n) is 11.9. The summed E-state index contributed by atoms with van der Waals surface area (Å²) in [6.07, 6.45) is -0.373. The minimum absolute atomic E-state index is 0.0865. The topological polar surface area (TPSA) is 68.3 Å². The molecule has 8 heteroatoms. The van der Waals surface area contributed by atoms with Crippen molar-refractivity contribution >= 4 is 24.6 Å². The summed E-state index contributed by atoms with van der Waals surface area (Å²) >= 11 is 0. The molecule has 0 N–H and O–H groups in total. The standard InChI is InChI=1S/C26H41BN2O5/c1-17(2)22(30)28-16-21(29(15-18(28)3)23(31)32-24(4,5)6)19-12-11-13-20(14-19)27-33-25(7,8)26(9,10)34-27/h11-14,17-18,21H,15-16H2,1-10H3/t18-,21-/m1/s1. The van der Waals surface area contributed by atoms with E-state index in [4.69, 9.17) is 14.0 Å². The molecule has 34 heavy (non-hydrogen) atoms. The van der Waals surface area contributed by atoms with Gasteiger partial charge >= 0.3 is 13.2 Å². The van der Waals surface area contributed by atoms with E-state index in [9.17, 15) is 9.59 Å². The molecule has 0 aliphatic carbocycles. The Labute approximate surface area is 205 Å². The minimum atomic E-state index is -0.611. The number of amides is 2. The highest BCUT2D eigenvalue weighted by molar-refractivity contribution is 6.62. The van der Waals surface area contributed by atoms with E-state index in [1.165, 1.54) is 0 Å². The first-order valence-corrected chi connectivity index (χ1v) is 12.3. The summed E-state index contributed by atoms with van der Waals surface area (Å²) in [7, 11) is -0.504. The lowest BCUT2D eigenvalue weighted by Gasteiger charge is -2.46. The van der Waals surface area contributed by atoms with E-state index in [2.05, 4.69) is 0 Å². The van der Waals surface area contributed by atoms with Crippen LogP contribution in [0, 0.1) is 5.92 Å².